The second-order valence-electron chi connectivity index (χ2n) is 9.54. The average Bonchev–Trinajstić information content (AvgIpc) is 2.62. The Kier molecular flexibility index (Phi) is 5.44. The van der Waals surface area contributed by atoms with Gasteiger partial charge in [-0.1, -0.05) is 12.1 Å². The fraction of sp³-hybridized carbons (Fsp3) is 0.636. The standard InChI is InChI=1S/C22H29NO5S/c1-29(26,27)13-15-3-2-4-19(8-15)21(25)28-12-20(24)23-14-22-9-16-5-17(10-22)7-18(6-16)11-22/h2-4,8,16-18H,5-7,9-14H2,1H3,(H,23,24). The van der Waals surface area contributed by atoms with Crippen LogP contribution in [0.1, 0.15) is 54.4 Å². The molecule has 0 unspecified atom stereocenters. The molecule has 5 rings (SSSR count). The number of sulfone groups is 1. The maximum atomic E-state index is 12.3. The van der Waals surface area contributed by atoms with Gasteiger partial charge >= 0.3 is 5.97 Å². The summed E-state index contributed by atoms with van der Waals surface area (Å²) in [6, 6.07) is 6.32. The van der Waals surface area contributed by atoms with E-state index in [0.717, 1.165) is 24.0 Å². The minimum absolute atomic E-state index is 0.139. The van der Waals surface area contributed by atoms with Gasteiger partial charge in [0.25, 0.3) is 5.91 Å². The van der Waals surface area contributed by atoms with Crippen molar-refractivity contribution < 1.29 is 22.7 Å². The normalized spacial score (nSPS) is 30.2. The highest BCUT2D eigenvalue weighted by atomic mass is 32.2. The summed E-state index contributed by atoms with van der Waals surface area (Å²) in [6.45, 7) is 0.359. The fourth-order valence-electron chi connectivity index (χ4n) is 6.15. The molecule has 0 saturated heterocycles. The minimum Gasteiger partial charge on any atom is -0.452 e. The molecule has 158 valence electrons. The number of carbonyl (C=O) groups excluding carboxylic acids is 2. The van der Waals surface area contributed by atoms with Crippen molar-refractivity contribution >= 4 is 21.7 Å². The highest BCUT2D eigenvalue weighted by molar-refractivity contribution is 7.89. The third-order valence-electron chi connectivity index (χ3n) is 6.75. The topological polar surface area (TPSA) is 89.5 Å². The third-order valence-corrected chi connectivity index (χ3v) is 7.61. The lowest BCUT2D eigenvalue weighted by Gasteiger charge is -2.56. The van der Waals surface area contributed by atoms with Crippen molar-refractivity contribution in [2.45, 2.75) is 44.3 Å². The second-order valence-corrected chi connectivity index (χ2v) is 11.7. The fourth-order valence-corrected chi connectivity index (χ4v) is 6.93. The first-order chi connectivity index (χ1) is 13.7. The largest absolute Gasteiger partial charge is 0.452 e. The molecular weight excluding hydrogens is 390 g/mol. The monoisotopic (exact) mass is 419 g/mol. The Labute approximate surface area is 172 Å². The summed E-state index contributed by atoms with van der Waals surface area (Å²) in [4.78, 5) is 24.5. The summed E-state index contributed by atoms with van der Waals surface area (Å²) in [7, 11) is -3.19. The number of esters is 1. The number of amides is 1. The van der Waals surface area contributed by atoms with Crippen LogP contribution in [0.25, 0.3) is 0 Å². The van der Waals surface area contributed by atoms with Gasteiger partial charge in [0.2, 0.25) is 0 Å². The first-order valence-electron chi connectivity index (χ1n) is 10.4. The lowest BCUT2D eigenvalue weighted by molar-refractivity contribution is -0.126. The maximum absolute atomic E-state index is 12.3. The van der Waals surface area contributed by atoms with Gasteiger partial charge in [0.1, 0.15) is 0 Å². The molecule has 4 fully saturated rings. The Morgan fingerprint density at radius 3 is 2.31 bits per heavy atom. The van der Waals surface area contributed by atoms with Crippen LogP contribution in [0.4, 0.5) is 0 Å². The molecule has 0 aromatic heterocycles. The van der Waals surface area contributed by atoms with E-state index in [2.05, 4.69) is 5.32 Å². The van der Waals surface area contributed by atoms with Gasteiger partial charge in [-0.2, -0.15) is 0 Å². The molecule has 1 amide bonds. The summed E-state index contributed by atoms with van der Waals surface area (Å²) in [5.74, 6) is 1.45. The van der Waals surface area contributed by atoms with Crippen molar-refractivity contribution in [3.8, 4) is 0 Å². The Balaban J connectivity index is 1.27. The molecule has 6 nitrogen and oxygen atoms in total. The van der Waals surface area contributed by atoms with Crippen LogP contribution >= 0.6 is 0 Å². The van der Waals surface area contributed by atoms with E-state index in [0.29, 0.717) is 12.1 Å². The van der Waals surface area contributed by atoms with Crippen molar-refractivity contribution in [1.29, 1.82) is 0 Å². The van der Waals surface area contributed by atoms with Crippen LogP contribution < -0.4 is 5.32 Å². The van der Waals surface area contributed by atoms with Crippen molar-refractivity contribution in [2.24, 2.45) is 23.2 Å². The second kappa shape index (κ2) is 7.74. The number of ether oxygens (including phenoxy) is 1. The predicted octanol–water partition coefficient (Wildman–Crippen LogP) is 2.72. The molecule has 0 heterocycles. The van der Waals surface area contributed by atoms with Crippen LogP contribution in [0.15, 0.2) is 24.3 Å². The van der Waals surface area contributed by atoms with Crippen LogP contribution in [0, 0.1) is 23.2 Å². The van der Waals surface area contributed by atoms with E-state index in [4.69, 9.17) is 4.74 Å². The van der Waals surface area contributed by atoms with Gasteiger partial charge in [0.15, 0.2) is 16.4 Å². The molecule has 1 aromatic carbocycles. The van der Waals surface area contributed by atoms with Gasteiger partial charge in [-0.3, -0.25) is 4.79 Å². The molecule has 4 aliphatic carbocycles. The Hall–Kier alpha value is -1.89. The number of hydrogen-bond donors (Lipinski definition) is 1. The predicted molar refractivity (Wildman–Crippen MR) is 109 cm³/mol. The van der Waals surface area contributed by atoms with Crippen molar-refractivity contribution in [3.05, 3.63) is 35.4 Å². The molecule has 0 atom stereocenters. The molecule has 0 spiro atoms. The van der Waals surface area contributed by atoms with Crippen LogP contribution in [-0.2, 0) is 25.1 Å². The molecule has 4 bridgehead atoms. The Bertz CT molecular complexity index is 872. The molecular formula is C22H29NO5S. The summed E-state index contributed by atoms with van der Waals surface area (Å²) >= 11 is 0. The SMILES string of the molecule is CS(=O)(=O)Cc1cccc(C(=O)OCC(=O)NCC23CC4CC(CC(C4)C2)C3)c1. The summed E-state index contributed by atoms with van der Waals surface area (Å²) in [6.07, 6.45) is 8.88. The summed E-state index contributed by atoms with van der Waals surface area (Å²) < 4.78 is 28.0. The van der Waals surface area contributed by atoms with E-state index in [9.17, 15) is 18.0 Å². The van der Waals surface area contributed by atoms with Gasteiger partial charge in [-0.25, -0.2) is 13.2 Å². The van der Waals surface area contributed by atoms with E-state index in [-0.39, 0.29) is 29.2 Å². The first-order valence-corrected chi connectivity index (χ1v) is 12.5. The van der Waals surface area contributed by atoms with E-state index in [1.165, 1.54) is 44.6 Å². The molecule has 4 aliphatic rings. The lowest BCUT2D eigenvalue weighted by atomic mass is 9.49. The van der Waals surface area contributed by atoms with Crippen LogP contribution in [-0.4, -0.2) is 39.7 Å². The molecule has 1 aromatic rings. The van der Waals surface area contributed by atoms with Crippen LogP contribution in [0.5, 0.6) is 0 Å². The van der Waals surface area contributed by atoms with Crippen LogP contribution in [0.3, 0.4) is 0 Å². The van der Waals surface area contributed by atoms with E-state index in [1.54, 1.807) is 18.2 Å². The maximum Gasteiger partial charge on any atom is 0.338 e. The lowest BCUT2D eigenvalue weighted by Crippen LogP contribution is -2.51. The van der Waals surface area contributed by atoms with Gasteiger partial charge < -0.3 is 10.1 Å². The zero-order valence-electron chi connectivity index (χ0n) is 16.9. The molecule has 0 aliphatic heterocycles. The quantitative estimate of drug-likeness (QED) is 0.687. The van der Waals surface area contributed by atoms with Gasteiger partial charge in [-0.15, -0.1) is 0 Å². The smallest absolute Gasteiger partial charge is 0.338 e. The molecule has 29 heavy (non-hydrogen) atoms. The highest BCUT2D eigenvalue weighted by Gasteiger charge is 2.50. The number of nitrogens with one attached hydrogen (secondary N) is 1. The van der Waals surface area contributed by atoms with Gasteiger partial charge in [0, 0.05) is 12.8 Å². The minimum atomic E-state index is -3.19. The third kappa shape index (κ3) is 5.00. The van der Waals surface area contributed by atoms with Gasteiger partial charge in [0.05, 0.1) is 11.3 Å². The zero-order chi connectivity index (χ0) is 20.6. The Morgan fingerprint density at radius 2 is 1.72 bits per heavy atom. The highest BCUT2D eigenvalue weighted by Crippen LogP contribution is 2.59. The molecule has 4 saturated carbocycles. The summed E-state index contributed by atoms with van der Waals surface area (Å²) in [5, 5.41) is 2.99. The molecule has 0 radical (unpaired) electrons. The number of hydrogen-bond acceptors (Lipinski definition) is 5. The van der Waals surface area contributed by atoms with Crippen molar-refractivity contribution in [1.82, 2.24) is 5.32 Å². The zero-order valence-corrected chi connectivity index (χ0v) is 17.7. The summed E-state index contributed by atoms with van der Waals surface area (Å²) in [5.41, 5.74) is 1.02. The Morgan fingerprint density at radius 1 is 1.10 bits per heavy atom. The number of carbonyl (C=O) groups is 2. The van der Waals surface area contributed by atoms with Crippen molar-refractivity contribution in [3.63, 3.8) is 0 Å². The van der Waals surface area contributed by atoms with E-state index < -0.39 is 15.8 Å². The molecule has 1 N–H and O–H groups in total. The first kappa shape index (κ1) is 20.4. The number of rotatable bonds is 7. The average molecular weight is 420 g/mol. The van der Waals surface area contributed by atoms with Crippen molar-refractivity contribution in [2.75, 3.05) is 19.4 Å². The molecule has 7 heteroatoms. The van der Waals surface area contributed by atoms with Gasteiger partial charge in [-0.05, 0) is 79.4 Å². The van der Waals surface area contributed by atoms with E-state index >= 15 is 0 Å². The number of benzene rings is 1. The van der Waals surface area contributed by atoms with E-state index in [1.807, 2.05) is 0 Å². The van der Waals surface area contributed by atoms with Crippen LogP contribution in [0.2, 0.25) is 0 Å².